The molecule has 7 nitrogen and oxygen atoms in total. The van der Waals surface area contributed by atoms with Crippen molar-refractivity contribution in [3.8, 4) is 0 Å². The molecule has 1 N–H and O–H groups in total. The Morgan fingerprint density at radius 2 is 1.78 bits per heavy atom. The fourth-order valence-corrected chi connectivity index (χ4v) is 4.66. The number of aromatic nitrogens is 2. The summed E-state index contributed by atoms with van der Waals surface area (Å²) in [5, 5.41) is 3.01. The highest BCUT2D eigenvalue weighted by molar-refractivity contribution is 5.35. The third kappa shape index (κ3) is 4.32. The van der Waals surface area contributed by atoms with Crippen LogP contribution >= 0.6 is 0 Å². The van der Waals surface area contributed by atoms with Crippen molar-refractivity contribution >= 4 is 5.82 Å². The number of benzene rings is 1. The number of ether oxygens (including phenoxy) is 3. The number of alkyl halides is 3. The minimum atomic E-state index is -4.57. The number of anilines is 1. The second-order valence-electron chi connectivity index (χ2n) is 8.91. The third-order valence-electron chi connectivity index (χ3n) is 6.02. The largest absolute Gasteiger partial charge is 0.434 e. The Hall–Kier alpha value is -2.27. The lowest BCUT2D eigenvalue weighted by molar-refractivity contribution is -0.155. The normalized spacial score (nSPS) is 29.5. The van der Waals surface area contributed by atoms with Gasteiger partial charge in [0.15, 0.2) is 11.5 Å². The summed E-state index contributed by atoms with van der Waals surface area (Å²) in [6.07, 6.45) is -3.58. The first-order valence-corrected chi connectivity index (χ1v) is 10.6. The standard InChI is InChI=1S/C22H25F3N4O3/c1-21(2)31-19-15(27-18-8-26-7-17(28-18)22(23,24)25)12-30-16(20(19)32-21)11-29-9-13-5-3-4-6-14(13)10-29/h3-8,15-16,19-20H,9-12H2,1-2H3,(H,27,28)/t15-,16+,19+,20-/m0/s1. The molecule has 5 rings (SSSR count). The Kier molecular flexibility index (Phi) is 5.36. The molecule has 10 heteroatoms. The molecular formula is C22H25F3N4O3. The molecule has 32 heavy (non-hydrogen) atoms. The SMILES string of the molecule is CC1(C)O[C@@H]2[C@H](O1)[C@@H](Nc1cncc(C(F)(F)F)n1)CO[C@@H]2CN1Cc2ccccc2C1. The molecule has 0 unspecified atom stereocenters. The van der Waals surface area contributed by atoms with Crippen LogP contribution in [-0.2, 0) is 33.5 Å². The maximum Gasteiger partial charge on any atom is 0.434 e. The average molecular weight is 450 g/mol. The van der Waals surface area contributed by atoms with Crippen molar-refractivity contribution < 1.29 is 27.4 Å². The molecule has 0 amide bonds. The molecule has 0 bridgehead atoms. The lowest BCUT2D eigenvalue weighted by Gasteiger charge is -2.39. The summed E-state index contributed by atoms with van der Waals surface area (Å²) in [5.74, 6) is -0.803. The molecular weight excluding hydrogens is 425 g/mol. The fourth-order valence-electron chi connectivity index (χ4n) is 4.66. The fraction of sp³-hybridized carbons (Fsp3) is 0.545. The smallest absolute Gasteiger partial charge is 0.372 e. The Labute approximate surface area is 183 Å². The molecule has 3 aliphatic heterocycles. The molecule has 2 saturated heterocycles. The summed E-state index contributed by atoms with van der Waals surface area (Å²) in [6, 6.07) is 7.92. The lowest BCUT2D eigenvalue weighted by Crippen LogP contribution is -2.56. The third-order valence-corrected chi connectivity index (χ3v) is 6.02. The summed E-state index contributed by atoms with van der Waals surface area (Å²) in [6.45, 7) is 6.28. The van der Waals surface area contributed by atoms with Gasteiger partial charge in [0.05, 0.1) is 31.1 Å². The topological polar surface area (TPSA) is 68.7 Å². The summed E-state index contributed by atoms with van der Waals surface area (Å²) in [4.78, 5) is 9.64. The van der Waals surface area contributed by atoms with Crippen LogP contribution in [-0.4, -0.2) is 58.2 Å². The van der Waals surface area contributed by atoms with Crippen LogP contribution in [0.3, 0.4) is 0 Å². The quantitative estimate of drug-likeness (QED) is 0.767. The van der Waals surface area contributed by atoms with Crippen molar-refractivity contribution in [1.29, 1.82) is 0 Å². The van der Waals surface area contributed by atoms with Gasteiger partial charge in [-0.15, -0.1) is 0 Å². The van der Waals surface area contributed by atoms with Gasteiger partial charge in [0, 0.05) is 19.6 Å². The Balaban J connectivity index is 1.29. The van der Waals surface area contributed by atoms with E-state index in [0.717, 1.165) is 13.1 Å². The highest BCUT2D eigenvalue weighted by atomic mass is 19.4. The van der Waals surface area contributed by atoms with Crippen molar-refractivity contribution in [2.24, 2.45) is 0 Å². The summed E-state index contributed by atoms with van der Waals surface area (Å²) in [5.41, 5.74) is 1.57. The van der Waals surface area contributed by atoms with Crippen LogP contribution in [0.1, 0.15) is 30.7 Å². The number of halogens is 3. The van der Waals surface area contributed by atoms with Gasteiger partial charge in [-0.3, -0.25) is 9.88 Å². The monoisotopic (exact) mass is 450 g/mol. The van der Waals surface area contributed by atoms with Gasteiger partial charge >= 0.3 is 6.18 Å². The van der Waals surface area contributed by atoms with Crippen molar-refractivity contribution in [2.45, 2.75) is 63.3 Å². The molecule has 2 fully saturated rings. The van der Waals surface area contributed by atoms with Crippen LogP contribution in [0.25, 0.3) is 0 Å². The maximum absolute atomic E-state index is 13.0. The van der Waals surface area contributed by atoms with Gasteiger partial charge in [-0.25, -0.2) is 4.98 Å². The molecule has 0 spiro atoms. The Bertz CT molecular complexity index is 962. The minimum Gasteiger partial charge on any atom is -0.372 e. The van der Waals surface area contributed by atoms with Gasteiger partial charge in [0.25, 0.3) is 0 Å². The van der Waals surface area contributed by atoms with Gasteiger partial charge < -0.3 is 19.5 Å². The highest BCUT2D eigenvalue weighted by Gasteiger charge is 2.52. The predicted octanol–water partition coefficient (Wildman–Crippen LogP) is 3.21. The second-order valence-corrected chi connectivity index (χ2v) is 8.91. The van der Waals surface area contributed by atoms with Gasteiger partial charge in [-0.05, 0) is 25.0 Å². The van der Waals surface area contributed by atoms with Gasteiger partial charge in [-0.1, -0.05) is 24.3 Å². The van der Waals surface area contributed by atoms with E-state index < -0.39 is 29.8 Å². The number of rotatable bonds is 4. The summed E-state index contributed by atoms with van der Waals surface area (Å²) in [7, 11) is 0. The van der Waals surface area contributed by atoms with E-state index in [1.807, 2.05) is 26.0 Å². The van der Waals surface area contributed by atoms with Gasteiger partial charge in [0.2, 0.25) is 0 Å². The first-order valence-electron chi connectivity index (χ1n) is 10.6. The van der Waals surface area contributed by atoms with E-state index >= 15 is 0 Å². The minimum absolute atomic E-state index is 0.0222. The van der Waals surface area contributed by atoms with Crippen LogP contribution in [0.4, 0.5) is 19.0 Å². The molecule has 3 aliphatic rings. The van der Waals surface area contributed by atoms with Gasteiger partial charge in [0.1, 0.15) is 18.0 Å². The van der Waals surface area contributed by atoms with E-state index in [4.69, 9.17) is 14.2 Å². The van der Waals surface area contributed by atoms with Crippen molar-refractivity contribution in [1.82, 2.24) is 14.9 Å². The molecule has 172 valence electrons. The first kappa shape index (κ1) is 21.6. The van der Waals surface area contributed by atoms with Crippen LogP contribution in [0.5, 0.6) is 0 Å². The number of hydrogen-bond acceptors (Lipinski definition) is 7. The summed E-state index contributed by atoms with van der Waals surface area (Å²) < 4.78 is 57.5. The number of nitrogens with zero attached hydrogens (tertiary/aromatic N) is 3. The molecule has 0 radical (unpaired) electrons. The van der Waals surface area contributed by atoms with E-state index in [-0.39, 0.29) is 24.6 Å². The van der Waals surface area contributed by atoms with Crippen molar-refractivity contribution in [3.05, 3.63) is 53.5 Å². The van der Waals surface area contributed by atoms with Gasteiger partial charge in [-0.2, -0.15) is 13.2 Å². The highest BCUT2D eigenvalue weighted by Crippen LogP contribution is 2.37. The molecule has 4 atom stereocenters. The zero-order valence-electron chi connectivity index (χ0n) is 17.8. The van der Waals surface area contributed by atoms with E-state index in [9.17, 15) is 13.2 Å². The molecule has 2 aromatic rings. The van der Waals surface area contributed by atoms with E-state index in [1.165, 1.54) is 17.3 Å². The predicted molar refractivity (Wildman–Crippen MR) is 109 cm³/mol. The number of nitrogens with one attached hydrogen (secondary N) is 1. The number of hydrogen-bond donors (Lipinski definition) is 1. The Morgan fingerprint density at radius 1 is 1.09 bits per heavy atom. The van der Waals surface area contributed by atoms with Crippen molar-refractivity contribution in [3.63, 3.8) is 0 Å². The van der Waals surface area contributed by atoms with Crippen LogP contribution in [0.2, 0.25) is 0 Å². The zero-order chi connectivity index (χ0) is 22.5. The van der Waals surface area contributed by atoms with Crippen molar-refractivity contribution in [2.75, 3.05) is 18.5 Å². The van der Waals surface area contributed by atoms with Crippen LogP contribution in [0.15, 0.2) is 36.7 Å². The van der Waals surface area contributed by atoms with E-state index in [2.05, 4.69) is 32.3 Å². The van der Waals surface area contributed by atoms with E-state index in [0.29, 0.717) is 12.7 Å². The Morgan fingerprint density at radius 3 is 2.47 bits per heavy atom. The molecule has 1 aromatic carbocycles. The lowest BCUT2D eigenvalue weighted by atomic mass is 9.97. The molecule has 1 aromatic heterocycles. The average Bonchev–Trinajstić information content (AvgIpc) is 3.29. The zero-order valence-corrected chi connectivity index (χ0v) is 17.8. The molecule has 4 heterocycles. The first-order chi connectivity index (χ1) is 15.2. The molecule has 0 aliphatic carbocycles. The maximum atomic E-state index is 13.0. The van der Waals surface area contributed by atoms with Crippen LogP contribution in [0, 0.1) is 0 Å². The van der Waals surface area contributed by atoms with E-state index in [1.54, 1.807) is 0 Å². The molecule has 0 saturated carbocycles. The second kappa shape index (κ2) is 7.95. The van der Waals surface area contributed by atoms with Crippen LogP contribution < -0.4 is 5.32 Å². The number of fused-ring (bicyclic) bond motifs is 2. The summed E-state index contributed by atoms with van der Waals surface area (Å²) >= 11 is 0.